The first-order valence-electron chi connectivity index (χ1n) is 7.91. The number of anilines is 1. The fourth-order valence-electron chi connectivity index (χ4n) is 2.64. The second kappa shape index (κ2) is 7.62. The van der Waals surface area contributed by atoms with Gasteiger partial charge in [-0.15, -0.1) is 11.8 Å². The van der Waals surface area contributed by atoms with Crippen molar-refractivity contribution < 1.29 is 18.4 Å². The molecule has 1 aliphatic rings. The molecule has 3 nitrogen and oxygen atoms in total. The van der Waals surface area contributed by atoms with E-state index in [4.69, 9.17) is 23.2 Å². The zero-order valence-electron chi connectivity index (χ0n) is 14.2. The first-order chi connectivity index (χ1) is 12.7. The van der Waals surface area contributed by atoms with E-state index in [2.05, 4.69) is 0 Å². The van der Waals surface area contributed by atoms with E-state index in [1.165, 1.54) is 23.9 Å². The van der Waals surface area contributed by atoms with Gasteiger partial charge in [0.15, 0.2) is 11.6 Å². The molecule has 0 aromatic heterocycles. The number of rotatable bonds is 4. The number of hydrogen-bond acceptors (Lipinski definition) is 3. The van der Waals surface area contributed by atoms with Crippen LogP contribution in [0.4, 0.5) is 14.5 Å². The summed E-state index contributed by atoms with van der Waals surface area (Å²) in [6.45, 7) is 3.74. The van der Waals surface area contributed by atoms with Crippen LogP contribution < -0.4 is 4.90 Å². The molecular formula is C19H13Cl2F2NO2S. The molecule has 0 fully saturated rings. The van der Waals surface area contributed by atoms with E-state index in [0.717, 1.165) is 17.0 Å². The number of amides is 2. The Morgan fingerprint density at radius 3 is 2.26 bits per heavy atom. The minimum absolute atomic E-state index is 0.00253. The van der Waals surface area contributed by atoms with Gasteiger partial charge < -0.3 is 0 Å². The van der Waals surface area contributed by atoms with Gasteiger partial charge in [-0.2, -0.15) is 0 Å². The van der Waals surface area contributed by atoms with Crippen LogP contribution in [0.2, 0.25) is 10.0 Å². The Morgan fingerprint density at radius 1 is 0.963 bits per heavy atom. The molecule has 0 aliphatic carbocycles. The summed E-state index contributed by atoms with van der Waals surface area (Å²) in [4.78, 5) is 27.0. The molecule has 0 radical (unpaired) electrons. The van der Waals surface area contributed by atoms with Crippen LogP contribution in [0.25, 0.3) is 5.57 Å². The number of carbonyl (C=O) groups is 2. The van der Waals surface area contributed by atoms with Crippen molar-refractivity contribution in [2.24, 2.45) is 0 Å². The van der Waals surface area contributed by atoms with Crippen molar-refractivity contribution in [2.45, 2.75) is 19.1 Å². The largest absolute Gasteiger partial charge is 0.272 e. The zero-order chi connectivity index (χ0) is 19.9. The van der Waals surface area contributed by atoms with E-state index in [0.29, 0.717) is 10.6 Å². The molecule has 140 valence electrons. The van der Waals surface area contributed by atoms with E-state index >= 15 is 0 Å². The second-order valence-electron chi connectivity index (χ2n) is 6.04. The Morgan fingerprint density at radius 2 is 1.67 bits per heavy atom. The Bertz CT molecular complexity index is 992. The summed E-state index contributed by atoms with van der Waals surface area (Å²) in [5, 5.41) is 0.604. The SMILES string of the molecule is CC(C)SC1=C(c2ccc(Cl)cc2Cl)C(=O)N(c2ccc(F)c(F)c2)C1=O. The molecule has 0 saturated heterocycles. The Balaban J connectivity index is 2.15. The fourth-order valence-corrected chi connectivity index (χ4v) is 4.12. The average Bonchev–Trinajstić information content (AvgIpc) is 2.81. The van der Waals surface area contributed by atoms with Gasteiger partial charge in [0.2, 0.25) is 0 Å². The van der Waals surface area contributed by atoms with E-state index in [9.17, 15) is 18.4 Å². The molecule has 0 saturated carbocycles. The average molecular weight is 428 g/mol. The molecule has 2 amide bonds. The standard InChI is InChI=1S/C19H13Cl2F2NO2S/c1-9(2)27-17-16(12-5-3-10(20)7-13(12)21)18(25)24(19(17)26)11-4-6-14(22)15(23)8-11/h3-9H,1-2H3. The molecule has 8 heteroatoms. The predicted molar refractivity (Wildman–Crippen MR) is 105 cm³/mol. The molecule has 0 bridgehead atoms. The van der Waals surface area contributed by atoms with Crippen LogP contribution in [0, 0.1) is 11.6 Å². The van der Waals surface area contributed by atoms with E-state index in [-0.39, 0.29) is 26.4 Å². The monoisotopic (exact) mass is 427 g/mol. The van der Waals surface area contributed by atoms with Gasteiger partial charge in [0.05, 0.1) is 21.2 Å². The summed E-state index contributed by atoms with van der Waals surface area (Å²) in [6, 6.07) is 7.45. The Labute approximate surface area is 168 Å². The van der Waals surface area contributed by atoms with Crippen LogP contribution in [0.1, 0.15) is 19.4 Å². The lowest BCUT2D eigenvalue weighted by atomic mass is 10.1. The first kappa shape index (κ1) is 19.9. The van der Waals surface area contributed by atoms with Crippen molar-refractivity contribution in [3.05, 3.63) is 68.5 Å². The molecule has 1 heterocycles. The molecule has 27 heavy (non-hydrogen) atoms. The van der Waals surface area contributed by atoms with Gasteiger partial charge >= 0.3 is 0 Å². The minimum atomic E-state index is -1.15. The van der Waals surface area contributed by atoms with Gasteiger partial charge in [-0.05, 0) is 24.3 Å². The van der Waals surface area contributed by atoms with Gasteiger partial charge in [0.1, 0.15) is 0 Å². The summed E-state index contributed by atoms with van der Waals surface area (Å²) in [6.07, 6.45) is 0. The van der Waals surface area contributed by atoms with Crippen molar-refractivity contribution in [1.82, 2.24) is 0 Å². The van der Waals surface area contributed by atoms with Gasteiger partial charge in [0, 0.05) is 21.9 Å². The van der Waals surface area contributed by atoms with Crippen LogP contribution in [0.3, 0.4) is 0 Å². The van der Waals surface area contributed by atoms with Crippen LogP contribution in [-0.2, 0) is 9.59 Å². The number of imide groups is 1. The highest BCUT2D eigenvalue weighted by atomic mass is 35.5. The molecule has 2 aromatic rings. The van der Waals surface area contributed by atoms with Gasteiger partial charge in [-0.3, -0.25) is 9.59 Å². The van der Waals surface area contributed by atoms with Crippen molar-refractivity contribution in [1.29, 1.82) is 0 Å². The molecule has 2 aromatic carbocycles. The van der Waals surface area contributed by atoms with Gasteiger partial charge in [-0.25, -0.2) is 13.7 Å². The second-order valence-corrected chi connectivity index (χ2v) is 8.47. The molecular weight excluding hydrogens is 415 g/mol. The summed E-state index contributed by atoms with van der Waals surface area (Å²) in [5.41, 5.74) is 0.420. The number of thioether (sulfide) groups is 1. The maximum absolute atomic E-state index is 13.6. The van der Waals surface area contributed by atoms with Crippen molar-refractivity contribution >= 4 is 58.0 Å². The Kier molecular flexibility index (Phi) is 5.60. The van der Waals surface area contributed by atoms with E-state index < -0.39 is 23.4 Å². The lowest BCUT2D eigenvalue weighted by Gasteiger charge is -2.15. The third-order valence-corrected chi connectivity index (χ3v) is 5.39. The fraction of sp³-hybridized carbons (Fsp3) is 0.158. The normalized spacial score (nSPS) is 14.7. The molecule has 0 N–H and O–H groups in total. The molecule has 3 rings (SSSR count). The number of nitrogens with zero attached hydrogens (tertiary/aromatic N) is 1. The quantitative estimate of drug-likeness (QED) is 0.587. The number of benzene rings is 2. The van der Waals surface area contributed by atoms with Crippen LogP contribution in [-0.4, -0.2) is 17.1 Å². The van der Waals surface area contributed by atoms with Crippen molar-refractivity contribution in [3.8, 4) is 0 Å². The third kappa shape index (κ3) is 3.74. The summed E-state index contributed by atoms with van der Waals surface area (Å²) in [5.74, 6) is -3.48. The third-order valence-electron chi connectivity index (χ3n) is 3.76. The van der Waals surface area contributed by atoms with Gasteiger partial charge in [-0.1, -0.05) is 43.1 Å². The zero-order valence-corrected chi connectivity index (χ0v) is 16.6. The number of halogens is 4. The highest BCUT2D eigenvalue weighted by Crippen LogP contribution is 2.42. The number of carbonyl (C=O) groups excluding carboxylic acids is 2. The molecule has 0 unspecified atom stereocenters. The predicted octanol–water partition coefficient (Wildman–Crippen LogP) is 5.70. The lowest BCUT2D eigenvalue weighted by Crippen LogP contribution is -2.31. The summed E-state index contributed by atoms with van der Waals surface area (Å²) < 4.78 is 26.9. The van der Waals surface area contributed by atoms with E-state index in [1.807, 2.05) is 13.8 Å². The molecule has 1 aliphatic heterocycles. The van der Waals surface area contributed by atoms with Crippen molar-refractivity contribution in [3.63, 3.8) is 0 Å². The molecule has 0 atom stereocenters. The van der Waals surface area contributed by atoms with Gasteiger partial charge in [0.25, 0.3) is 11.8 Å². The smallest absolute Gasteiger partial charge is 0.268 e. The Hall–Kier alpha value is -1.89. The van der Waals surface area contributed by atoms with Crippen LogP contribution in [0.5, 0.6) is 0 Å². The molecule has 0 spiro atoms. The summed E-state index contributed by atoms with van der Waals surface area (Å²) in [7, 11) is 0. The maximum atomic E-state index is 13.6. The lowest BCUT2D eigenvalue weighted by molar-refractivity contribution is -0.119. The maximum Gasteiger partial charge on any atom is 0.272 e. The number of hydrogen-bond donors (Lipinski definition) is 0. The summed E-state index contributed by atoms with van der Waals surface area (Å²) >= 11 is 13.4. The van der Waals surface area contributed by atoms with Crippen molar-refractivity contribution in [2.75, 3.05) is 4.90 Å². The van der Waals surface area contributed by atoms with E-state index in [1.54, 1.807) is 12.1 Å². The van der Waals surface area contributed by atoms with Crippen LogP contribution >= 0.6 is 35.0 Å². The minimum Gasteiger partial charge on any atom is -0.268 e. The first-order valence-corrected chi connectivity index (χ1v) is 9.54. The highest BCUT2D eigenvalue weighted by molar-refractivity contribution is 8.04. The van der Waals surface area contributed by atoms with Crippen LogP contribution in [0.15, 0.2) is 41.3 Å². The highest BCUT2D eigenvalue weighted by Gasteiger charge is 2.41. The topological polar surface area (TPSA) is 37.4 Å².